The molecule has 21 heavy (non-hydrogen) atoms. The Balaban J connectivity index is 2.08. The van der Waals surface area contributed by atoms with Gasteiger partial charge < -0.3 is 19.7 Å². The van der Waals surface area contributed by atoms with Crippen LogP contribution in [0.5, 0.6) is 17.2 Å². The lowest BCUT2D eigenvalue weighted by molar-refractivity contribution is 0.400. The Morgan fingerprint density at radius 3 is 2.43 bits per heavy atom. The van der Waals surface area contributed by atoms with Gasteiger partial charge in [-0.1, -0.05) is 18.2 Å². The molecule has 0 amide bonds. The summed E-state index contributed by atoms with van der Waals surface area (Å²) in [5.41, 5.74) is 1.54. The standard InChI is InChI=1S/C15H12N2O4/c1-8-4-2-3-5-10(8)16-17-15-12(19)9-6-7-11(18)13(20)14(9)21-15/h2-7,18-20H,1H3. The van der Waals surface area contributed by atoms with Crippen molar-refractivity contribution in [3.05, 3.63) is 42.0 Å². The number of phenols is 2. The van der Waals surface area contributed by atoms with Gasteiger partial charge in [0, 0.05) is 0 Å². The Morgan fingerprint density at radius 1 is 0.905 bits per heavy atom. The van der Waals surface area contributed by atoms with Crippen LogP contribution in [0.1, 0.15) is 5.56 Å². The van der Waals surface area contributed by atoms with E-state index in [1.54, 1.807) is 6.07 Å². The number of azo groups is 1. The fourth-order valence-electron chi connectivity index (χ4n) is 1.95. The minimum Gasteiger partial charge on any atom is -0.504 e. The summed E-state index contributed by atoms with van der Waals surface area (Å²) < 4.78 is 5.25. The Hall–Kier alpha value is -3.02. The van der Waals surface area contributed by atoms with Gasteiger partial charge in [0.15, 0.2) is 17.1 Å². The number of hydrogen-bond acceptors (Lipinski definition) is 6. The van der Waals surface area contributed by atoms with Gasteiger partial charge in [0.1, 0.15) is 0 Å². The van der Waals surface area contributed by atoms with Gasteiger partial charge >= 0.3 is 0 Å². The summed E-state index contributed by atoms with van der Waals surface area (Å²) in [5, 5.41) is 37.3. The summed E-state index contributed by atoms with van der Waals surface area (Å²) >= 11 is 0. The molecular weight excluding hydrogens is 272 g/mol. The maximum atomic E-state index is 10.0. The molecule has 0 saturated heterocycles. The molecule has 3 N–H and O–H groups in total. The Bertz CT molecular complexity index is 852. The Labute approximate surface area is 119 Å². The van der Waals surface area contributed by atoms with E-state index in [1.165, 1.54) is 12.1 Å². The van der Waals surface area contributed by atoms with Crippen LogP contribution in [-0.4, -0.2) is 15.3 Å². The smallest absolute Gasteiger partial charge is 0.282 e. The Morgan fingerprint density at radius 2 is 1.67 bits per heavy atom. The molecule has 0 bridgehead atoms. The largest absolute Gasteiger partial charge is 0.504 e. The molecule has 106 valence electrons. The third kappa shape index (κ3) is 2.16. The van der Waals surface area contributed by atoms with Crippen LogP contribution >= 0.6 is 0 Å². The van der Waals surface area contributed by atoms with E-state index in [4.69, 9.17) is 4.42 Å². The molecule has 0 radical (unpaired) electrons. The minimum absolute atomic E-state index is 0.0359. The zero-order valence-electron chi connectivity index (χ0n) is 11.1. The van der Waals surface area contributed by atoms with E-state index in [0.29, 0.717) is 5.69 Å². The molecule has 0 atom stereocenters. The molecule has 0 saturated carbocycles. The lowest BCUT2D eigenvalue weighted by Crippen LogP contribution is -1.70. The number of hydrogen-bond donors (Lipinski definition) is 3. The molecule has 2 aromatic carbocycles. The van der Waals surface area contributed by atoms with E-state index in [-0.39, 0.29) is 28.4 Å². The Kier molecular flexibility index (Phi) is 2.98. The molecule has 3 rings (SSSR count). The van der Waals surface area contributed by atoms with E-state index < -0.39 is 5.75 Å². The molecule has 3 aromatic rings. The van der Waals surface area contributed by atoms with E-state index in [9.17, 15) is 15.3 Å². The molecule has 6 nitrogen and oxygen atoms in total. The van der Waals surface area contributed by atoms with Crippen LogP contribution in [0.3, 0.4) is 0 Å². The van der Waals surface area contributed by atoms with Crippen LogP contribution in [0.4, 0.5) is 11.6 Å². The molecule has 0 aliphatic rings. The molecular formula is C15H12N2O4. The molecule has 6 heteroatoms. The number of rotatable bonds is 2. The molecule has 0 aliphatic heterocycles. The second-order valence-electron chi connectivity index (χ2n) is 4.55. The lowest BCUT2D eigenvalue weighted by atomic mass is 10.2. The molecule has 0 unspecified atom stereocenters. The molecule has 0 spiro atoms. The number of furan rings is 1. The maximum absolute atomic E-state index is 10.0. The van der Waals surface area contributed by atoms with Crippen LogP contribution in [0.25, 0.3) is 11.0 Å². The molecule has 0 aliphatic carbocycles. The summed E-state index contributed by atoms with van der Waals surface area (Å²) in [6.45, 7) is 1.89. The second-order valence-corrected chi connectivity index (χ2v) is 4.55. The molecule has 1 heterocycles. The van der Waals surface area contributed by atoms with Crippen molar-refractivity contribution in [3.8, 4) is 17.2 Å². The fourth-order valence-corrected chi connectivity index (χ4v) is 1.95. The van der Waals surface area contributed by atoms with Crippen LogP contribution in [0.15, 0.2) is 51.0 Å². The molecule has 0 fully saturated rings. The predicted octanol–water partition coefficient (Wildman–Crippen LogP) is 4.27. The topological polar surface area (TPSA) is 98.6 Å². The lowest BCUT2D eigenvalue weighted by Gasteiger charge is -1.95. The first-order chi connectivity index (χ1) is 10.1. The number of benzene rings is 2. The van der Waals surface area contributed by atoms with Crippen molar-refractivity contribution in [2.24, 2.45) is 10.2 Å². The highest BCUT2D eigenvalue weighted by Gasteiger charge is 2.18. The van der Waals surface area contributed by atoms with Crippen molar-refractivity contribution in [3.63, 3.8) is 0 Å². The van der Waals surface area contributed by atoms with Crippen molar-refractivity contribution in [1.29, 1.82) is 0 Å². The van der Waals surface area contributed by atoms with Crippen LogP contribution in [-0.2, 0) is 0 Å². The van der Waals surface area contributed by atoms with E-state index in [0.717, 1.165) is 5.56 Å². The van der Waals surface area contributed by atoms with Gasteiger partial charge in [-0.15, -0.1) is 10.2 Å². The number of nitrogens with zero attached hydrogens (tertiary/aromatic N) is 2. The summed E-state index contributed by atoms with van der Waals surface area (Å²) in [6, 6.07) is 10.1. The van der Waals surface area contributed by atoms with Crippen LogP contribution in [0.2, 0.25) is 0 Å². The van der Waals surface area contributed by atoms with Gasteiger partial charge in [-0.05, 0) is 30.7 Å². The van der Waals surface area contributed by atoms with Crippen molar-refractivity contribution in [2.45, 2.75) is 6.92 Å². The van der Waals surface area contributed by atoms with Gasteiger partial charge in [-0.3, -0.25) is 0 Å². The van der Waals surface area contributed by atoms with Crippen LogP contribution < -0.4 is 0 Å². The predicted molar refractivity (Wildman–Crippen MR) is 76.6 cm³/mol. The van der Waals surface area contributed by atoms with Gasteiger partial charge in [-0.25, -0.2) is 0 Å². The first kappa shape index (κ1) is 13.0. The third-order valence-corrected chi connectivity index (χ3v) is 3.13. The number of phenolic OH excluding ortho intramolecular Hbond substituents is 2. The number of fused-ring (bicyclic) bond motifs is 1. The van der Waals surface area contributed by atoms with Crippen molar-refractivity contribution in [1.82, 2.24) is 0 Å². The van der Waals surface area contributed by atoms with E-state index in [1.807, 2.05) is 25.1 Å². The van der Waals surface area contributed by atoms with Crippen LogP contribution in [0, 0.1) is 6.92 Å². The highest BCUT2D eigenvalue weighted by molar-refractivity contribution is 5.93. The first-order valence-electron chi connectivity index (χ1n) is 6.21. The van der Waals surface area contributed by atoms with Crippen molar-refractivity contribution >= 4 is 22.5 Å². The second kappa shape index (κ2) is 4.82. The van der Waals surface area contributed by atoms with Crippen molar-refractivity contribution in [2.75, 3.05) is 0 Å². The van der Waals surface area contributed by atoms with E-state index in [2.05, 4.69) is 10.2 Å². The van der Waals surface area contributed by atoms with Gasteiger partial charge in [0.05, 0.1) is 11.1 Å². The average molecular weight is 284 g/mol. The molecule has 1 aromatic heterocycles. The SMILES string of the molecule is Cc1ccccc1N=Nc1oc2c(O)c(O)ccc2c1O. The zero-order chi connectivity index (χ0) is 15.0. The number of aryl methyl sites for hydroxylation is 1. The normalized spacial score (nSPS) is 11.5. The maximum Gasteiger partial charge on any atom is 0.282 e. The quantitative estimate of drug-likeness (QED) is 0.483. The van der Waals surface area contributed by atoms with E-state index >= 15 is 0 Å². The highest BCUT2D eigenvalue weighted by atomic mass is 16.4. The summed E-state index contributed by atoms with van der Waals surface area (Å²) in [5.74, 6) is -1.15. The monoisotopic (exact) mass is 284 g/mol. The average Bonchev–Trinajstić information content (AvgIpc) is 2.80. The summed E-state index contributed by atoms with van der Waals surface area (Å²) in [6.07, 6.45) is 0. The highest BCUT2D eigenvalue weighted by Crippen LogP contribution is 2.45. The summed E-state index contributed by atoms with van der Waals surface area (Å²) in [7, 11) is 0. The van der Waals surface area contributed by atoms with Crippen molar-refractivity contribution < 1.29 is 19.7 Å². The van der Waals surface area contributed by atoms with Gasteiger partial charge in [-0.2, -0.15) is 0 Å². The van der Waals surface area contributed by atoms with Gasteiger partial charge in [0.2, 0.25) is 5.75 Å². The fraction of sp³-hybridized carbons (Fsp3) is 0.0667. The zero-order valence-corrected chi connectivity index (χ0v) is 11.1. The summed E-state index contributed by atoms with van der Waals surface area (Å²) in [4.78, 5) is 0. The number of aromatic hydroxyl groups is 3. The first-order valence-corrected chi connectivity index (χ1v) is 6.21. The third-order valence-electron chi connectivity index (χ3n) is 3.13. The minimum atomic E-state index is -0.444. The van der Waals surface area contributed by atoms with Gasteiger partial charge in [0.25, 0.3) is 5.88 Å².